The number of nitrogens with one attached hydrogen (secondary N) is 1. The Morgan fingerprint density at radius 3 is 3.00 bits per heavy atom. The second-order valence-electron chi connectivity index (χ2n) is 4.22. The summed E-state index contributed by atoms with van der Waals surface area (Å²) in [6.45, 7) is 3.07. The minimum Gasteiger partial charge on any atom is -0.399 e. The molecule has 0 radical (unpaired) electrons. The third-order valence-corrected chi connectivity index (χ3v) is 3.79. The third kappa shape index (κ3) is 2.79. The molecule has 16 heavy (non-hydrogen) atoms. The third-order valence-electron chi connectivity index (χ3n) is 2.90. The van der Waals surface area contributed by atoms with Crippen molar-refractivity contribution in [3.8, 4) is 0 Å². The van der Waals surface area contributed by atoms with Gasteiger partial charge < -0.3 is 15.8 Å². The van der Waals surface area contributed by atoms with Crippen LogP contribution in [0.25, 0.3) is 0 Å². The predicted octanol–water partition coefficient (Wildman–Crippen LogP) is 2.85. The molecule has 0 bridgehead atoms. The molecule has 0 amide bonds. The zero-order valence-corrected chi connectivity index (χ0v) is 11.5. The van der Waals surface area contributed by atoms with Gasteiger partial charge in [-0.05, 0) is 60.6 Å². The fraction of sp³-hybridized carbons (Fsp3) is 0.500. The maximum atomic E-state index is 5.72. The summed E-state index contributed by atoms with van der Waals surface area (Å²) in [5.41, 5.74) is 7.67. The Morgan fingerprint density at radius 1 is 1.56 bits per heavy atom. The van der Waals surface area contributed by atoms with E-state index in [4.69, 9.17) is 10.5 Å². The summed E-state index contributed by atoms with van der Waals surface area (Å²) >= 11 is 2.30. The number of halogens is 1. The maximum absolute atomic E-state index is 5.72. The summed E-state index contributed by atoms with van der Waals surface area (Å²) in [4.78, 5) is 0. The van der Waals surface area contributed by atoms with Crippen LogP contribution in [0.5, 0.6) is 0 Å². The number of hydrogen-bond donors (Lipinski definition) is 2. The summed E-state index contributed by atoms with van der Waals surface area (Å²) in [6, 6.07) is 6.28. The Balaban J connectivity index is 2.02. The van der Waals surface area contributed by atoms with Gasteiger partial charge in [0.05, 0.1) is 6.10 Å². The van der Waals surface area contributed by atoms with Crippen LogP contribution in [0.4, 0.5) is 11.4 Å². The van der Waals surface area contributed by atoms with E-state index in [-0.39, 0.29) is 0 Å². The SMILES string of the molecule is CC(Nc1ccc(N)cc1I)C1CCCO1. The normalized spacial score (nSPS) is 22.0. The van der Waals surface area contributed by atoms with Gasteiger partial charge in [-0.1, -0.05) is 0 Å². The van der Waals surface area contributed by atoms with E-state index in [9.17, 15) is 0 Å². The molecule has 1 aliphatic rings. The summed E-state index contributed by atoms with van der Waals surface area (Å²) in [5.74, 6) is 0. The molecule has 1 aromatic carbocycles. The first-order valence-electron chi connectivity index (χ1n) is 5.60. The van der Waals surface area contributed by atoms with Crippen molar-refractivity contribution in [3.05, 3.63) is 21.8 Å². The molecule has 3 N–H and O–H groups in total. The number of anilines is 2. The van der Waals surface area contributed by atoms with Crippen LogP contribution in [-0.4, -0.2) is 18.8 Å². The van der Waals surface area contributed by atoms with Crippen LogP contribution in [-0.2, 0) is 4.74 Å². The average molecular weight is 332 g/mol. The van der Waals surface area contributed by atoms with E-state index in [1.54, 1.807) is 0 Å². The average Bonchev–Trinajstić information content (AvgIpc) is 2.75. The van der Waals surface area contributed by atoms with Crippen LogP contribution >= 0.6 is 22.6 Å². The number of nitrogens with two attached hydrogens (primary N) is 1. The van der Waals surface area contributed by atoms with E-state index in [1.807, 2.05) is 18.2 Å². The minimum atomic E-state index is 0.341. The zero-order valence-electron chi connectivity index (χ0n) is 9.37. The Morgan fingerprint density at radius 2 is 2.38 bits per heavy atom. The Hall–Kier alpha value is -0.490. The molecule has 1 saturated heterocycles. The second-order valence-corrected chi connectivity index (χ2v) is 5.39. The maximum Gasteiger partial charge on any atom is 0.0774 e. The first-order chi connectivity index (χ1) is 7.66. The van der Waals surface area contributed by atoms with Gasteiger partial charge in [0.2, 0.25) is 0 Å². The summed E-state index contributed by atoms with van der Waals surface area (Å²) in [5, 5.41) is 3.49. The molecule has 2 unspecified atom stereocenters. The largest absolute Gasteiger partial charge is 0.399 e. The standard InChI is InChI=1S/C12H17IN2O/c1-8(12-3-2-6-16-12)15-11-5-4-9(14)7-10(11)13/h4-5,7-8,12,15H,2-3,6,14H2,1H3. The van der Waals surface area contributed by atoms with E-state index in [0.29, 0.717) is 12.1 Å². The van der Waals surface area contributed by atoms with Gasteiger partial charge in [-0.25, -0.2) is 0 Å². The van der Waals surface area contributed by atoms with Crippen molar-refractivity contribution in [3.63, 3.8) is 0 Å². The predicted molar refractivity (Wildman–Crippen MR) is 75.6 cm³/mol. The molecular weight excluding hydrogens is 315 g/mol. The highest BCUT2D eigenvalue weighted by atomic mass is 127. The van der Waals surface area contributed by atoms with Gasteiger partial charge in [-0.15, -0.1) is 0 Å². The number of benzene rings is 1. The number of rotatable bonds is 3. The molecule has 88 valence electrons. The molecule has 0 aliphatic carbocycles. The molecule has 0 saturated carbocycles. The smallest absolute Gasteiger partial charge is 0.0774 e. The van der Waals surface area contributed by atoms with Gasteiger partial charge in [0.25, 0.3) is 0 Å². The van der Waals surface area contributed by atoms with Crippen LogP contribution in [0, 0.1) is 3.57 Å². The Bertz CT molecular complexity index is 364. The molecule has 0 spiro atoms. The number of hydrogen-bond acceptors (Lipinski definition) is 3. The van der Waals surface area contributed by atoms with E-state index in [1.165, 1.54) is 6.42 Å². The zero-order chi connectivity index (χ0) is 11.5. The van der Waals surface area contributed by atoms with Gasteiger partial charge in [0.15, 0.2) is 0 Å². The lowest BCUT2D eigenvalue weighted by atomic mass is 10.1. The van der Waals surface area contributed by atoms with Crippen molar-refractivity contribution in [2.75, 3.05) is 17.7 Å². The highest BCUT2D eigenvalue weighted by Crippen LogP contribution is 2.24. The van der Waals surface area contributed by atoms with Crippen LogP contribution in [0.1, 0.15) is 19.8 Å². The highest BCUT2D eigenvalue weighted by molar-refractivity contribution is 14.1. The van der Waals surface area contributed by atoms with E-state index < -0.39 is 0 Å². The first kappa shape index (κ1) is 12.0. The van der Waals surface area contributed by atoms with Crippen LogP contribution in [0.15, 0.2) is 18.2 Å². The Labute approximate surface area is 110 Å². The van der Waals surface area contributed by atoms with Crippen LogP contribution in [0.3, 0.4) is 0 Å². The lowest BCUT2D eigenvalue weighted by Crippen LogP contribution is -2.30. The summed E-state index contributed by atoms with van der Waals surface area (Å²) in [7, 11) is 0. The van der Waals surface area contributed by atoms with Gasteiger partial charge in [0, 0.05) is 27.6 Å². The van der Waals surface area contributed by atoms with Gasteiger partial charge >= 0.3 is 0 Å². The van der Waals surface area contributed by atoms with Crippen molar-refractivity contribution in [2.24, 2.45) is 0 Å². The van der Waals surface area contributed by atoms with Crippen molar-refractivity contribution in [1.82, 2.24) is 0 Å². The monoisotopic (exact) mass is 332 g/mol. The molecular formula is C12H17IN2O. The van der Waals surface area contributed by atoms with Gasteiger partial charge in [0.1, 0.15) is 0 Å². The molecule has 2 atom stereocenters. The second kappa shape index (κ2) is 5.23. The quantitative estimate of drug-likeness (QED) is 0.661. The first-order valence-corrected chi connectivity index (χ1v) is 6.68. The molecule has 2 rings (SSSR count). The fourth-order valence-electron chi connectivity index (χ4n) is 1.98. The van der Waals surface area contributed by atoms with E-state index in [0.717, 1.165) is 28.0 Å². The lowest BCUT2D eigenvalue weighted by molar-refractivity contribution is 0.0996. The van der Waals surface area contributed by atoms with Crippen molar-refractivity contribution < 1.29 is 4.74 Å². The molecule has 1 heterocycles. The molecule has 3 nitrogen and oxygen atoms in total. The van der Waals surface area contributed by atoms with Crippen molar-refractivity contribution >= 4 is 34.0 Å². The summed E-state index contributed by atoms with van der Waals surface area (Å²) in [6.07, 6.45) is 2.67. The van der Waals surface area contributed by atoms with Crippen LogP contribution in [0.2, 0.25) is 0 Å². The van der Waals surface area contributed by atoms with Gasteiger partial charge in [-0.3, -0.25) is 0 Å². The Kier molecular flexibility index (Phi) is 3.91. The van der Waals surface area contributed by atoms with Crippen molar-refractivity contribution in [2.45, 2.75) is 31.9 Å². The molecule has 1 fully saturated rings. The van der Waals surface area contributed by atoms with Crippen LogP contribution < -0.4 is 11.1 Å². The molecule has 4 heteroatoms. The highest BCUT2D eigenvalue weighted by Gasteiger charge is 2.22. The number of nitrogen functional groups attached to an aromatic ring is 1. The van der Waals surface area contributed by atoms with Gasteiger partial charge in [-0.2, -0.15) is 0 Å². The van der Waals surface area contributed by atoms with E-state index >= 15 is 0 Å². The van der Waals surface area contributed by atoms with E-state index in [2.05, 4.69) is 34.8 Å². The molecule has 1 aromatic rings. The number of ether oxygens (including phenoxy) is 1. The lowest BCUT2D eigenvalue weighted by Gasteiger charge is -2.22. The van der Waals surface area contributed by atoms with Crippen molar-refractivity contribution in [1.29, 1.82) is 0 Å². The summed E-state index contributed by atoms with van der Waals surface area (Å²) < 4.78 is 6.82. The fourth-order valence-corrected chi connectivity index (χ4v) is 2.68. The topological polar surface area (TPSA) is 47.3 Å². The molecule has 1 aliphatic heterocycles. The minimum absolute atomic E-state index is 0.341. The molecule has 0 aromatic heterocycles.